The van der Waals surface area contributed by atoms with Crippen LogP contribution in [0, 0.1) is 6.92 Å². The molecule has 2 N–H and O–H groups in total. The minimum atomic E-state index is 0.446. The Kier molecular flexibility index (Phi) is 5.90. The van der Waals surface area contributed by atoms with E-state index in [1.54, 1.807) is 18.4 Å². The molecule has 8 heteroatoms. The van der Waals surface area contributed by atoms with E-state index in [0.29, 0.717) is 25.1 Å². The minimum Gasteiger partial charge on any atom is -0.407 e. The van der Waals surface area contributed by atoms with E-state index in [1.807, 2.05) is 12.3 Å². The van der Waals surface area contributed by atoms with E-state index >= 15 is 0 Å². The highest BCUT2D eigenvalue weighted by Crippen LogP contribution is 2.10. The number of ether oxygens (including phenoxy) is 1. The van der Waals surface area contributed by atoms with Crippen molar-refractivity contribution >= 4 is 17.4 Å². The van der Waals surface area contributed by atoms with Crippen molar-refractivity contribution in [3.8, 4) is 0 Å². The first-order chi connectivity index (χ1) is 9.78. The Balaban J connectivity index is 1.67. The van der Waals surface area contributed by atoms with Gasteiger partial charge in [-0.25, -0.2) is 4.98 Å². The summed E-state index contributed by atoms with van der Waals surface area (Å²) >= 11 is 1.67. The van der Waals surface area contributed by atoms with Crippen molar-refractivity contribution in [1.82, 2.24) is 20.5 Å². The molecular weight excluding hydrogens is 278 g/mol. The summed E-state index contributed by atoms with van der Waals surface area (Å²) in [6.45, 7) is 4.68. The Morgan fingerprint density at radius 1 is 1.35 bits per heavy atom. The van der Waals surface area contributed by atoms with Crippen LogP contribution in [0.1, 0.15) is 16.6 Å². The smallest absolute Gasteiger partial charge is 0.315 e. The molecule has 0 aromatic carbocycles. The zero-order chi connectivity index (χ0) is 14.2. The molecule has 2 heterocycles. The van der Waals surface area contributed by atoms with Gasteiger partial charge in [-0.05, 0) is 6.92 Å². The lowest BCUT2D eigenvalue weighted by Gasteiger charge is -2.00. The second-order valence-corrected chi connectivity index (χ2v) is 5.17. The summed E-state index contributed by atoms with van der Waals surface area (Å²) in [5.41, 5.74) is 1.06. The molecule has 20 heavy (non-hydrogen) atoms. The van der Waals surface area contributed by atoms with Gasteiger partial charge in [0.15, 0.2) is 0 Å². The summed E-state index contributed by atoms with van der Waals surface area (Å²) in [5, 5.41) is 17.3. The summed E-state index contributed by atoms with van der Waals surface area (Å²) in [7, 11) is 1.67. The van der Waals surface area contributed by atoms with E-state index in [2.05, 4.69) is 25.8 Å². The van der Waals surface area contributed by atoms with Crippen LogP contribution in [0.2, 0.25) is 0 Å². The maximum atomic E-state index is 5.45. The van der Waals surface area contributed by atoms with Gasteiger partial charge in [0, 0.05) is 37.7 Å². The maximum absolute atomic E-state index is 5.45. The predicted molar refractivity (Wildman–Crippen MR) is 76.9 cm³/mol. The van der Waals surface area contributed by atoms with Crippen LogP contribution in [0.25, 0.3) is 0 Å². The number of nitrogens with zero attached hydrogens (tertiary/aromatic N) is 3. The van der Waals surface area contributed by atoms with Gasteiger partial charge in [0.05, 0.1) is 18.2 Å². The summed E-state index contributed by atoms with van der Waals surface area (Å²) < 4.78 is 10.4. The Hall–Kier alpha value is -1.51. The van der Waals surface area contributed by atoms with Crippen LogP contribution >= 0.6 is 11.3 Å². The topological polar surface area (TPSA) is 85.1 Å². The van der Waals surface area contributed by atoms with Gasteiger partial charge in [-0.3, -0.25) is 0 Å². The number of anilines is 1. The summed E-state index contributed by atoms with van der Waals surface area (Å²) in [4.78, 5) is 4.40. The number of methoxy groups -OCH3 is 1. The first kappa shape index (κ1) is 14.9. The average molecular weight is 297 g/mol. The second-order valence-electron chi connectivity index (χ2n) is 4.23. The molecule has 0 radical (unpaired) electrons. The monoisotopic (exact) mass is 297 g/mol. The molecule has 2 aromatic heterocycles. The Bertz CT molecular complexity index is 513. The molecule has 0 aliphatic heterocycles. The van der Waals surface area contributed by atoms with Crippen molar-refractivity contribution in [2.24, 2.45) is 0 Å². The van der Waals surface area contributed by atoms with Crippen LogP contribution in [0.4, 0.5) is 6.01 Å². The quantitative estimate of drug-likeness (QED) is 0.673. The number of aryl methyl sites for hydroxylation is 1. The maximum Gasteiger partial charge on any atom is 0.315 e. The Labute approximate surface area is 121 Å². The zero-order valence-corrected chi connectivity index (χ0v) is 12.5. The van der Waals surface area contributed by atoms with Gasteiger partial charge in [0.25, 0.3) is 0 Å². The predicted octanol–water partition coefficient (Wildman–Crippen LogP) is 1.23. The van der Waals surface area contributed by atoms with Gasteiger partial charge in [-0.1, -0.05) is 5.10 Å². The number of thiazole rings is 1. The summed E-state index contributed by atoms with van der Waals surface area (Å²) in [5.74, 6) is 0.564. The largest absolute Gasteiger partial charge is 0.407 e. The van der Waals surface area contributed by atoms with E-state index in [0.717, 1.165) is 30.2 Å². The van der Waals surface area contributed by atoms with Crippen LogP contribution in [-0.2, 0) is 17.7 Å². The zero-order valence-electron chi connectivity index (χ0n) is 11.7. The van der Waals surface area contributed by atoms with Crippen LogP contribution in [0.15, 0.2) is 9.80 Å². The number of hydrogen-bond donors (Lipinski definition) is 2. The second kappa shape index (κ2) is 7.93. The SMILES string of the molecule is COCCNCc1nnc(NCCc2nc(C)cs2)o1. The van der Waals surface area contributed by atoms with Gasteiger partial charge in [0.2, 0.25) is 5.89 Å². The molecule has 0 amide bonds. The number of nitrogens with one attached hydrogen (secondary N) is 2. The Morgan fingerprint density at radius 2 is 2.25 bits per heavy atom. The van der Waals surface area contributed by atoms with Gasteiger partial charge in [0.1, 0.15) is 0 Å². The van der Waals surface area contributed by atoms with Gasteiger partial charge in [-0.2, -0.15) is 0 Å². The lowest BCUT2D eigenvalue weighted by Crippen LogP contribution is -2.18. The Morgan fingerprint density at radius 3 is 3.00 bits per heavy atom. The van der Waals surface area contributed by atoms with Crippen LogP contribution in [0.5, 0.6) is 0 Å². The molecule has 0 saturated heterocycles. The molecule has 7 nitrogen and oxygen atoms in total. The molecule has 0 saturated carbocycles. The number of hydrogen-bond acceptors (Lipinski definition) is 8. The van der Waals surface area contributed by atoms with Crippen LogP contribution in [0.3, 0.4) is 0 Å². The van der Waals surface area contributed by atoms with E-state index in [9.17, 15) is 0 Å². The molecule has 0 fully saturated rings. The third-order valence-corrected chi connectivity index (χ3v) is 3.53. The molecule has 2 rings (SSSR count). The van der Waals surface area contributed by atoms with Gasteiger partial charge < -0.3 is 19.8 Å². The highest BCUT2D eigenvalue weighted by Gasteiger charge is 2.05. The molecule has 0 unspecified atom stereocenters. The van der Waals surface area contributed by atoms with E-state index in [1.165, 1.54) is 0 Å². The lowest BCUT2D eigenvalue weighted by atomic mass is 10.4. The van der Waals surface area contributed by atoms with E-state index < -0.39 is 0 Å². The van der Waals surface area contributed by atoms with Crippen molar-refractivity contribution in [3.63, 3.8) is 0 Å². The fraction of sp³-hybridized carbons (Fsp3) is 0.583. The third-order valence-electron chi connectivity index (χ3n) is 2.51. The highest BCUT2D eigenvalue weighted by molar-refractivity contribution is 7.09. The fourth-order valence-electron chi connectivity index (χ4n) is 1.56. The molecule has 0 bridgehead atoms. The average Bonchev–Trinajstić information content (AvgIpc) is 3.05. The van der Waals surface area contributed by atoms with E-state index in [4.69, 9.17) is 9.15 Å². The van der Waals surface area contributed by atoms with Crippen molar-refractivity contribution in [1.29, 1.82) is 0 Å². The van der Waals surface area contributed by atoms with Crippen molar-refractivity contribution in [2.45, 2.75) is 19.9 Å². The van der Waals surface area contributed by atoms with Crippen molar-refractivity contribution in [3.05, 3.63) is 22.0 Å². The first-order valence-corrected chi connectivity index (χ1v) is 7.33. The summed E-state index contributed by atoms with van der Waals surface area (Å²) in [6, 6.07) is 0.446. The van der Waals surface area contributed by atoms with Crippen molar-refractivity contribution in [2.75, 3.05) is 32.1 Å². The van der Waals surface area contributed by atoms with E-state index in [-0.39, 0.29) is 0 Å². The molecule has 110 valence electrons. The molecule has 0 spiro atoms. The molecular formula is C12H19N5O2S. The molecule has 2 aromatic rings. The number of rotatable bonds is 9. The standard InChI is InChI=1S/C12H19N5O2S/c1-9-8-20-11(15-9)3-4-14-12-17-16-10(19-12)7-13-5-6-18-2/h8,13H,3-7H2,1-2H3,(H,14,17). The molecule has 0 aliphatic rings. The lowest BCUT2D eigenvalue weighted by molar-refractivity contribution is 0.198. The number of aromatic nitrogens is 3. The van der Waals surface area contributed by atoms with Gasteiger partial charge in [-0.15, -0.1) is 16.4 Å². The first-order valence-electron chi connectivity index (χ1n) is 6.45. The third kappa shape index (κ3) is 4.87. The highest BCUT2D eigenvalue weighted by atomic mass is 32.1. The minimum absolute atomic E-state index is 0.446. The summed E-state index contributed by atoms with van der Waals surface area (Å²) in [6.07, 6.45) is 0.850. The van der Waals surface area contributed by atoms with Crippen molar-refractivity contribution < 1.29 is 9.15 Å². The van der Waals surface area contributed by atoms with Crippen LogP contribution < -0.4 is 10.6 Å². The molecule has 0 aliphatic carbocycles. The fourth-order valence-corrected chi connectivity index (χ4v) is 2.34. The molecule has 0 atom stereocenters. The van der Waals surface area contributed by atoms with Crippen LogP contribution in [-0.4, -0.2) is 42.0 Å². The van der Waals surface area contributed by atoms with Gasteiger partial charge >= 0.3 is 6.01 Å². The normalized spacial score (nSPS) is 10.9.